The summed E-state index contributed by atoms with van der Waals surface area (Å²) in [4.78, 5) is 16.8. The molecule has 0 spiro atoms. The standard InChI is InChI=1S/C20H17ClN2O2/c1-25-17-10-7-16(8-11-17)13-23-14-19(21)22-18(20(23)24)12-9-15-5-3-2-4-6-15/h2-12,14H,13H2,1H3/b12-9+. The van der Waals surface area contributed by atoms with Crippen molar-refractivity contribution in [2.75, 3.05) is 7.11 Å². The van der Waals surface area contributed by atoms with E-state index in [0.717, 1.165) is 16.9 Å². The van der Waals surface area contributed by atoms with Gasteiger partial charge in [0.2, 0.25) is 0 Å². The van der Waals surface area contributed by atoms with Crippen LogP contribution in [0, 0.1) is 0 Å². The number of ether oxygens (including phenoxy) is 1. The molecule has 1 heterocycles. The highest BCUT2D eigenvalue weighted by molar-refractivity contribution is 6.29. The lowest BCUT2D eigenvalue weighted by atomic mass is 10.2. The maximum absolute atomic E-state index is 12.6. The number of rotatable bonds is 5. The Balaban J connectivity index is 1.89. The molecule has 0 bridgehead atoms. The molecule has 0 atom stereocenters. The molecule has 0 saturated heterocycles. The molecule has 0 aliphatic rings. The zero-order valence-electron chi connectivity index (χ0n) is 13.7. The summed E-state index contributed by atoms with van der Waals surface area (Å²) in [5, 5.41) is 0.279. The molecule has 2 aromatic carbocycles. The molecule has 0 amide bonds. The van der Waals surface area contributed by atoms with Crippen LogP contribution in [-0.2, 0) is 6.54 Å². The molecule has 0 saturated carbocycles. The van der Waals surface area contributed by atoms with Crippen LogP contribution in [0.5, 0.6) is 5.75 Å². The SMILES string of the molecule is COc1ccc(Cn2cc(Cl)nc(/C=C/c3ccccc3)c2=O)cc1. The average molecular weight is 353 g/mol. The van der Waals surface area contributed by atoms with Crippen LogP contribution in [0.3, 0.4) is 0 Å². The van der Waals surface area contributed by atoms with Gasteiger partial charge in [0, 0.05) is 6.20 Å². The smallest absolute Gasteiger partial charge is 0.276 e. The van der Waals surface area contributed by atoms with Crippen molar-refractivity contribution in [3.63, 3.8) is 0 Å². The van der Waals surface area contributed by atoms with Crippen molar-refractivity contribution in [1.29, 1.82) is 0 Å². The van der Waals surface area contributed by atoms with E-state index < -0.39 is 0 Å². The highest BCUT2D eigenvalue weighted by atomic mass is 35.5. The van der Waals surface area contributed by atoms with Crippen molar-refractivity contribution < 1.29 is 4.74 Å². The molecule has 0 aliphatic carbocycles. The highest BCUT2D eigenvalue weighted by Gasteiger charge is 2.06. The zero-order chi connectivity index (χ0) is 17.6. The van der Waals surface area contributed by atoms with E-state index in [4.69, 9.17) is 16.3 Å². The first kappa shape index (κ1) is 17.0. The Kier molecular flexibility index (Phi) is 5.31. The minimum atomic E-state index is -0.188. The minimum Gasteiger partial charge on any atom is -0.497 e. The monoisotopic (exact) mass is 352 g/mol. The number of hydrogen-bond donors (Lipinski definition) is 0. The third-order valence-electron chi connectivity index (χ3n) is 3.71. The molecular formula is C20H17ClN2O2. The first-order valence-corrected chi connectivity index (χ1v) is 8.16. The predicted octanol–water partition coefficient (Wildman–Crippen LogP) is 4.12. The quantitative estimate of drug-likeness (QED) is 0.693. The summed E-state index contributed by atoms with van der Waals surface area (Å²) in [6.07, 6.45) is 5.08. The predicted molar refractivity (Wildman–Crippen MR) is 101 cm³/mol. The van der Waals surface area contributed by atoms with E-state index in [0.29, 0.717) is 12.2 Å². The third-order valence-corrected chi connectivity index (χ3v) is 3.90. The van der Waals surface area contributed by atoms with Gasteiger partial charge in [-0.1, -0.05) is 60.1 Å². The van der Waals surface area contributed by atoms with Crippen LogP contribution in [0.4, 0.5) is 0 Å². The summed E-state index contributed by atoms with van der Waals surface area (Å²) in [6, 6.07) is 17.3. The second-order valence-corrected chi connectivity index (χ2v) is 5.86. The first-order chi connectivity index (χ1) is 12.2. The molecule has 1 aromatic heterocycles. The molecule has 126 valence electrons. The lowest BCUT2D eigenvalue weighted by Crippen LogP contribution is -2.23. The van der Waals surface area contributed by atoms with Crippen molar-refractivity contribution in [2.24, 2.45) is 0 Å². The average Bonchev–Trinajstić information content (AvgIpc) is 2.64. The van der Waals surface area contributed by atoms with Crippen molar-refractivity contribution in [3.8, 4) is 5.75 Å². The Bertz CT molecular complexity index is 932. The van der Waals surface area contributed by atoms with Crippen molar-refractivity contribution in [2.45, 2.75) is 6.54 Å². The Morgan fingerprint density at radius 1 is 1.08 bits per heavy atom. The summed E-state index contributed by atoms with van der Waals surface area (Å²) in [5.41, 5.74) is 2.09. The second kappa shape index (κ2) is 7.81. The summed E-state index contributed by atoms with van der Waals surface area (Å²) in [5.74, 6) is 0.773. The van der Waals surface area contributed by atoms with E-state index >= 15 is 0 Å². The fourth-order valence-electron chi connectivity index (χ4n) is 2.42. The zero-order valence-corrected chi connectivity index (χ0v) is 14.5. The first-order valence-electron chi connectivity index (χ1n) is 7.79. The van der Waals surface area contributed by atoms with Crippen molar-refractivity contribution >= 4 is 23.8 Å². The van der Waals surface area contributed by atoms with Gasteiger partial charge in [-0.2, -0.15) is 0 Å². The fourth-order valence-corrected chi connectivity index (χ4v) is 2.63. The molecule has 3 rings (SSSR count). The number of aromatic nitrogens is 2. The van der Waals surface area contributed by atoms with Gasteiger partial charge in [-0.3, -0.25) is 4.79 Å². The molecule has 0 radical (unpaired) electrons. The Morgan fingerprint density at radius 3 is 2.48 bits per heavy atom. The van der Waals surface area contributed by atoms with Gasteiger partial charge in [-0.15, -0.1) is 0 Å². The van der Waals surface area contributed by atoms with E-state index in [9.17, 15) is 4.79 Å². The van der Waals surface area contributed by atoms with Crippen molar-refractivity contribution in [1.82, 2.24) is 9.55 Å². The van der Waals surface area contributed by atoms with Gasteiger partial charge >= 0.3 is 0 Å². The van der Waals surface area contributed by atoms with Crippen LogP contribution in [0.25, 0.3) is 12.2 Å². The van der Waals surface area contributed by atoms with E-state index in [1.807, 2.05) is 60.7 Å². The van der Waals surface area contributed by atoms with Crippen molar-refractivity contribution in [3.05, 3.63) is 93.1 Å². The molecule has 4 nitrogen and oxygen atoms in total. The Hall–Kier alpha value is -2.85. The van der Waals surface area contributed by atoms with Crippen LogP contribution in [0.2, 0.25) is 5.15 Å². The fraction of sp³-hybridized carbons (Fsp3) is 0.100. The molecule has 0 N–H and O–H groups in total. The van der Waals surface area contributed by atoms with Crippen LogP contribution >= 0.6 is 11.6 Å². The summed E-state index contributed by atoms with van der Waals surface area (Å²) in [6.45, 7) is 0.414. The normalized spacial score (nSPS) is 11.0. The largest absolute Gasteiger partial charge is 0.497 e. The van der Waals surface area contributed by atoms with Gasteiger partial charge in [-0.05, 0) is 29.3 Å². The second-order valence-electron chi connectivity index (χ2n) is 5.47. The maximum atomic E-state index is 12.6. The molecule has 0 aliphatic heterocycles. The lowest BCUT2D eigenvalue weighted by molar-refractivity contribution is 0.414. The summed E-state index contributed by atoms with van der Waals surface area (Å²) >= 11 is 6.09. The number of halogens is 1. The molecule has 0 fully saturated rings. The van der Waals surface area contributed by atoms with Gasteiger partial charge in [0.1, 0.15) is 16.6 Å². The number of nitrogens with zero attached hydrogens (tertiary/aromatic N) is 2. The minimum absolute atomic E-state index is 0.188. The molecule has 0 unspecified atom stereocenters. The molecule has 5 heteroatoms. The third kappa shape index (κ3) is 4.37. The van der Waals surface area contributed by atoms with Gasteiger partial charge in [0.05, 0.1) is 13.7 Å². The van der Waals surface area contributed by atoms with E-state index in [1.165, 1.54) is 0 Å². The van der Waals surface area contributed by atoms with Crippen LogP contribution in [-0.4, -0.2) is 16.7 Å². The highest BCUT2D eigenvalue weighted by Crippen LogP contribution is 2.13. The number of benzene rings is 2. The van der Waals surface area contributed by atoms with Crippen LogP contribution in [0.1, 0.15) is 16.8 Å². The maximum Gasteiger partial charge on any atom is 0.276 e. The summed E-state index contributed by atoms with van der Waals surface area (Å²) in [7, 11) is 1.62. The van der Waals surface area contributed by atoms with Gasteiger partial charge in [-0.25, -0.2) is 4.98 Å². The molecule has 3 aromatic rings. The summed E-state index contributed by atoms with van der Waals surface area (Å²) < 4.78 is 6.70. The van der Waals surface area contributed by atoms with Gasteiger partial charge < -0.3 is 9.30 Å². The number of methoxy groups -OCH3 is 1. The van der Waals surface area contributed by atoms with E-state index in [1.54, 1.807) is 23.9 Å². The Labute approximate surface area is 151 Å². The van der Waals surface area contributed by atoms with E-state index in [-0.39, 0.29) is 10.7 Å². The molecule has 25 heavy (non-hydrogen) atoms. The van der Waals surface area contributed by atoms with Gasteiger partial charge in [0.15, 0.2) is 0 Å². The van der Waals surface area contributed by atoms with Gasteiger partial charge in [0.25, 0.3) is 5.56 Å². The van der Waals surface area contributed by atoms with Crippen LogP contribution in [0.15, 0.2) is 65.6 Å². The van der Waals surface area contributed by atoms with Crippen LogP contribution < -0.4 is 10.3 Å². The molecular weight excluding hydrogens is 336 g/mol. The Morgan fingerprint density at radius 2 is 1.80 bits per heavy atom. The van der Waals surface area contributed by atoms with E-state index in [2.05, 4.69) is 4.98 Å². The lowest BCUT2D eigenvalue weighted by Gasteiger charge is -2.08. The number of hydrogen-bond acceptors (Lipinski definition) is 3. The topological polar surface area (TPSA) is 44.1 Å².